The minimum atomic E-state index is 0.0468. The van der Waals surface area contributed by atoms with Crippen molar-refractivity contribution < 1.29 is 9.63 Å². The lowest BCUT2D eigenvalue weighted by molar-refractivity contribution is 0.361. The number of hydrogen-bond donors (Lipinski definition) is 2. The molecule has 3 N–H and O–H groups in total. The quantitative estimate of drug-likeness (QED) is 0.867. The Kier molecular flexibility index (Phi) is 3.34. The Hall–Kier alpha value is -1.88. The number of nitrogens with two attached hydrogens (primary N) is 1. The number of nitrogens with zero attached hydrogens (tertiary/aromatic N) is 2. The van der Waals surface area contributed by atoms with E-state index < -0.39 is 0 Å². The Bertz CT molecular complexity index is 540. The summed E-state index contributed by atoms with van der Waals surface area (Å²) in [5.41, 5.74) is 7.98. The highest BCUT2D eigenvalue weighted by molar-refractivity contribution is 5.60. The second-order valence-electron chi connectivity index (χ2n) is 4.55. The number of benzene rings is 1. The second kappa shape index (κ2) is 4.78. The number of phenolic OH excluding ortho intramolecular Hbond substituents is 1. The fourth-order valence-electron chi connectivity index (χ4n) is 1.74. The maximum Gasteiger partial charge on any atom is 0.231 e. The summed E-state index contributed by atoms with van der Waals surface area (Å²) < 4.78 is 5.18. The fraction of sp³-hybridized carbons (Fsp3) is 0.385. The smallest absolute Gasteiger partial charge is 0.231 e. The van der Waals surface area contributed by atoms with Crippen molar-refractivity contribution in [3.05, 3.63) is 29.2 Å². The number of phenols is 1. The molecule has 0 aliphatic heterocycles. The van der Waals surface area contributed by atoms with Gasteiger partial charge in [0.1, 0.15) is 5.75 Å². The molecule has 18 heavy (non-hydrogen) atoms. The Balaban J connectivity index is 2.40. The van der Waals surface area contributed by atoms with E-state index >= 15 is 0 Å². The molecular weight excluding hydrogens is 230 g/mol. The summed E-state index contributed by atoms with van der Waals surface area (Å²) in [6.45, 7) is 6.09. The largest absolute Gasteiger partial charge is 0.507 e. The molecule has 1 heterocycles. The predicted molar refractivity (Wildman–Crippen MR) is 68.3 cm³/mol. The summed E-state index contributed by atoms with van der Waals surface area (Å²) in [6.07, 6.45) is 0. The summed E-state index contributed by atoms with van der Waals surface area (Å²) in [7, 11) is 0. The Morgan fingerprint density at radius 1 is 1.33 bits per heavy atom. The molecule has 0 saturated heterocycles. The fourth-order valence-corrected chi connectivity index (χ4v) is 1.74. The highest BCUT2D eigenvalue weighted by atomic mass is 16.5. The zero-order chi connectivity index (χ0) is 13.3. The van der Waals surface area contributed by atoms with E-state index in [-0.39, 0.29) is 5.92 Å². The number of rotatable bonds is 3. The number of aromatic hydroxyl groups is 1. The summed E-state index contributed by atoms with van der Waals surface area (Å²) in [5.74, 6) is 1.41. The molecule has 2 rings (SSSR count). The number of aromatic nitrogens is 2. The van der Waals surface area contributed by atoms with Crippen molar-refractivity contribution in [1.29, 1.82) is 0 Å². The van der Waals surface area contributed by atoms with Crippen molar-refractivity contribution >= 4 is 0 Å². The molecule has 1 aromatic heterocycles. The summed E-state index contributed by atoms with van der Waals surface area (Å²) in [6, 6.07) is 3.67. The Morgan fingerprint density at radius 2 is 1.94 bits per heavy atom. The van der Waals surface area contributed by atoms with Crippen molar-refractivity contribution in [3.63, 3.8) is 0 Å². The highest BCUT2D eigenvalue weighted by Crippen LogP contribution is 2.28. The molecule has 0 aliphatic carbocycles. The molecule has 5 nitrogen and oxygen atoms in total. The van der Waals surface area contributed by atoms with Crippen molar-refractivity contribution in [2.24, 2.45) is 5.73 Å². The standard InChI is InChI=1S/C13H17N3O2/c1-7-4-10(5-8(2)11(7)17)12-15-13(18-16-12)9(3)6-14/h4-5,9,17H,6,14H2,1-3H3. The van der Waals surface area contributed by atoms with Gasteiger partial charge in [-0.05, 0) is 37.1 Å². The van der Waals surface area contributed by atoms with Crippen LogP contribution in [0.3, 0.4) is 0 Å². The number of aryl methyl sites for hydroxylation is 2. The third-order valence-electron chi connectivity index (χ3n) is 2.97. The van der Waals surface area contributed by atoms with Gasteiger partial charge in [-0.2, -0.15) is 4.98 Å². The first-order chi connectivity index (χ1) is 8.52. The van der Waals surface area contributed by atoms with E-state index in [0.717, 1.165) is 16.7 Å². The van der Waals surface area contributed by atoms with Gasteiger partial charge in [-0.25, -0.2) is 0 Å². The van der Waals surface area contributed by atoms with Crippen molar-refractivity contribution in [2.75, 3.05) is 6.54 Å². The van der Waals surface area contributed by atoms with Gasteiger partial charge in [0.05, 0.1) is 0 Å². The van der Waals surface area contributed by atoms with E-state index in [2.05, 4.69) is 10.1 Å². The topological polar surface area (TPSA) is 85.2 Å². The average molecular weight is 247 g/mol. The van der Waals surface area contributed by atoms with Crippen LogP contribution in [0.1, 0.15) is 29.9 Å². The van der Waals surface area contributed by atoms with Crippen LogP contribution in [0, 0.1) is 13.8 Å². The lowest BCUT2D eigenvalue weighted by Crippen LogP contribution is -2.08. The maximum absolute atomic E-state index is 9.73. The van der Waals surface area contributed by atoms with Gasteiger partial charge in [0, 0.05) is 18.0 Å². The molecule has 0 aliphatic rings. The summed E-state index contributed by atoms with van der Waals surface area (Å²) in [4.78, 5) is 4.32. The second-order valence-corrected chi connectivity index (χ2v) is 4.55. The van der Waals surface area contributed by atoms with Crippen LogP contribution < -0.4 is 5.73 Å². The van der Waals surface area contributed by atoms with E-state index in [0.29, 0.717) is 24.0 Å². The zero-order valence-electron chi connectivity index (χ0n) is 10.8. The Morgan fingerprint density at radius 3 is 2.50 bits per heavy atom. The van der Waals surface area contributed by atoms with E-state index in [1.807, 2.05) is 32.9 Å². The van der Waals surface area contributed by atoms with Gasteiger partial charge in [0.25, 0.3) is 0 Å². The monoisotopic (exact) mass is 247 g/mol. The minimum Gasteiger partial charge on any atom is -0.507 e. The van der Waals surface area contributed by atoms with Crippen molar-refractivity contribution in [1.82, 2.24) is 10.1 Å². The van der Waals surface area contributed by atoms with Crippen LogP contribution in [-0.2, 0) is 0 Å². The summed E-state index contributed by atoms with van der Waals surface area (Å²) >= 11 is 0. The first-order valence-corrected chi connectivity index (χ1v) is 5.87. The Labute approximate surface area is 106 Å². The normalized spacial score (nSPS) is 12.7. The van der Waals surface area contributed by atoms with Gasteiger partial charge in [-0.15, -0.1) is 0 Å². The maximum atomic E-state index is 9.73. The average Bonchev–Trinajstić information content (AvgIpc) is 2.84. The van der Waals surface area contributed by atoms with Gasteiger partial charge < -0.3 is 15.4 Å². The molecule has 0 bridgehead atoms. The molecule has 1 unspecified atom stereocenters. The van der Waals surface area contributed by atoms with Gasteiger partial charge >= 0.3 is 0 Å². The van der Waals surface area contributed by atoms with E-state index in [4.69, 9.17) is 10.3 Å². The van der Waals surface area contributed by atoms with E-state index in [9.17, 15) is 5.11 Å². The van der Waals surface area contributed by atoms with Crippen LogP contribution in [0.2, 0.25) is 0 Å². The first kappa shape index (κ1) is 12.6. The van der Waals surface area contributed by atoms with E-state index in [1.165, 1.54) is 0 Å². The van der Waals surface area contributed by atoms with Crippen LogP contribution in [0.15, 0.2) is 16.7 Å². The van der Waals surface area contributed by atoms with Gasteiger partial charge in [0.15, 0.2) is 0 Å². The lowest BCUT2D eigenvalue weighted by Gasteiger charge is -2.04. The van der Waals surface area contributed by atoms with Crippen molar-refractivity contribution in [3.8, 4) is 17.1 Å². The third-order valence-corrected chi connectivity index (χ3v) is 2.97. The molecule has 2 aromatic rings. The predicted octanol–water partition coefficient (Wildman–Crippen LogP) is 2.12. The van der Waals surface area contributed by atoms with Gasteiger partial charge in [0.2, 0.25) is 11.7 Å². The molecule has 96 valence electrons. The lowest BCUT2D eigenvalue weighted by atomic mass is 10.1. The molecule has 0 spiro atoms. The van der Waals surface area contributed by atoms with E-state index in [1.54, 1.807) is 0 Å². The first-order valence-electron chi connectivity index (χ1n) is 5.87. The molecule has 1 atom stereocenters. The molecule has 1 aromatic carbocycles. The zero-order valence-corrected chi connectivity index (χ0v) is 10.8. The van der Waals surface area contributed by atoms with Crippen LogP contribution in [0.25, 0.3) is 11.4 Å². The van der Waals surface area contributed by atoms with Crippen LogP contribution in [0.5, 0.6) is 5.75 Å². The molecule has 5 heteroatoms. The molecule has 0 amide bonds. The number of hydrogen-bond acceptors (Lipinski definition) is 5. The molecule has 0 radical (unpaired) electrons. The molecular formula is C13H17N3O2. The van der Waals surface area contributed by atoms with Crippen LogP contribution in [-0.4, -0.2) is 21.8 Å². The highest BCUT2D eigenvalue weighted by Gasteiger charge is 2.15. The van der Waals surface area contributed by atoms with Crippen LogP contribution in [0.4, 0.5) is 0 Å². The summed E-state index contributed by atoms with van der Waals surface area (Å²) in [5, 5.41) is 13.7. The van der Waals surface area contributed by atoms with Gasteiger partial charge in [-0.1, -0.05) is 12.1 Å². The SMILES string of the molecule is Cc1cc(-c2noc(C(C)CN)n2)cc(C)c1O. The van der Waals surface area contributed by atoms with Crippen LogP contribution >= 0.6 is 0 Å². The van der Waals surface area contributed by atoms with Gasteiger partial charge in [-0.3, -0.25) is 0 Å². The molecule has 0 saturated carbocycles. The van der Waals surface area contributed by atoms with Crippen molar-refractivity contribution in [2.45, 2.75) is 26.7 Å². The third kappa shape index (κ3) is 2.22. The minimum absolute atomic E-state index is 0.0468. The molecule has 0 fully saturated rings.